The van der Waals surface area contributed by atoms with Gasteiger partial charge < -0.3 is 14.7 Å². The van der Waals surface area contributed by atoms with Crippen LogP contribution in [0.2, 0.25) is 0 Å². The molecular weight excluding hydrogens is 186 g/mol. The summed E-state index contributed by atoms with van der Waals surface area (Å²) >= 11 is 0. The van der Waals surface area contributed by atoms with Gasteiger partial charge >= 0.3 is 11.9 Å². The van der Waals surface area contributed by atoms with E-state index in [9.17, 15) is 14.7 Å². The van der Waals surface area contributed by atoms with E-state index in [-0.39, 0.29) is 13.2 Å². The van der Waals surface area contributed by atoms with Gasteiger partial charge in [0.15, 0.2) is 0 Å². The molecule has 0 spiro atoms. The molecule has 1 aliphatic heterocycles. The molecule has 14 heavy (non-hydrogen) atoms. The number of carbonyl (C=O) groups is 2. The molecule has 0 aromatic rings. The van der Waals surface area contributed by atoms with Crippen LogP contribution >= 0.6 is 0 Å². The maximum atomic E-state index is 11.4. The zero-order valence-electron chi connectivity index (χ0n) is 8.45. The second-order valence-corrected chi connectivity index (χ2v) is 3.69. The molecule has 0 aliphatic carbocycles. The molecule has 0 radical (unpaired) electrons. The van der Waals surface area contributed by atoms with E-state index in [1.54, 1.807) is 13.8 Å². The Bertz CT molecular complexity index is 249. The minimum Gasteiger partial charge on any atom is -0.459 e. The van der Waals surface area contributed by atoms with Gasteiger partial charge in [0.2, 0.25) is 0 Å². The minimum absolute atomic E-state index is 0.189. The van der Waals surface area contributed by atoms with Crippen molar-refractivity contribution in [3.63, 3.8) is 0 Å². The van der Waals surface area contributed by atoms with Crippen LogP contribution in [-0.2, 0) is 14.3 Å². The Morgan fingerprint density at radius 3 is 2.64 bits per heavy atom. The summed E-state index contributed by atoms with van der Waals surface area (Å²) in [4.78, 5) is 23.7. The standard InChI is InChI=1S/C9H15NO4/c1-3-14-8(12)7(11)10-5-4-9(2,13)6-10/h13H,3-6H2,1-2H3. The first-order valence-corrected chi connectivity index (χ1v) is 4.64. The Morgan fingerprint density at radius 1 is 1.57 bits per heavy atom. The number of nitrogens with zero attached hydrogens (tertiary/aromatic N) is 1. The molecule has 1 aliphatic rings. The smallest absolute Gasteiger partial charge is 0.397 e. The number of likely N-dealkylation sites (tertiary alicyclic amines) is 1. The van der Waals surface area contributed by atoms with Gasteiger partial charge in [0.25, 0.3) is 0 Å². The molecule has 1 fully saturated rings. The molecule has 0 aromatic heterocycles. The molecule has 0 saturated carbocycles. The zero-order chi connectivity index (χ0) is 10.8. The lowest BCUT2D eigenvalue weighted by molar-refractivity contribution is -0.159. The third-order valence-electron chi connectivity index (χ3n) is 2.19. The number of carbonyl (C=O) groups excluding carboxylic acids is 2. The van der Waals surface area contributed by atoms with Crippen LogP contribution in [0.15, 0.2) is 0 Å². The van der Waals surface area contributed by atoms with Crippen molar-refractivity contribution in [1.29, 1.82) is 0 Å². The van der Waals surface area contributed by atoms with Crippen molar-refractivity contribution in [3.05, 3.63) is 0 Å². The maximum Gasteiger partial charge on any atom is 0.397 e. The summed E-state index contributed by atoms with van der Waals surface area (Å²) in [5, 5.41) is 9.58. The fourth-order valence-corrected chi connectivity index (χ4v) is 1.44. The zero-order valence-corrected chi connectivity index (χ0v) is 8.45. The number of rotatable bonds is 1. The minimum atomic E-state index is -0.873. The first-order valence-electron chi connectivity index (χ1n) is 4.64. The van der Waals surface area contributed by atoms with Crippen LogP contribution in [0.25, 0.3) is 0 Å². The van der Waals surface area contributed by atoms with Gasteiger partial charge in [-0.25, -0.2) is 4.79 Å². The molecule has 1 unspecified atom stereocenters. The number of esters is 1. The molecule has 1 amide bonds. The van der Waals surface area contributed by atoms with Gasteiger partial charge in [-0.05, 0) is 20.3 Å². The molecular formula is C9H15NO4. The van der Waals surface area contributed by atoms with Crippen LogP contribution in [0.3, 0.4) is 0 Å². The number of amides is 1. The van der Waals surface area contributed by atoms with Gasteiger partial charge in [-0.3, -0.25) is 4.79 Å². The van der Waals surface area contributed by atoms with E-state index in [1.807, 2.05) is 0 Å². The average Bonchev–Trinajstić information content (AvgIpc) is 2.45. The third-order valence-corrected chi connectivity index (χ3v) is 2.19. The normalized spacial score (nSPS) is 26.4. The fourth-order valence-electron chi connectivity index (χ4n) is 1.44. The van der Waals surface area contributed by atoms with Crippen LogP contribution in [0.1, 0.15) is 20.3 Å². The summed E-state index contributed by atoms with van der Waals surface area (Å²) in [7, 11) is 0. The third kappa shape index (κ3) is 2.45. The lowest BCUT2D eigenvalue weighted by Gasteiger charge is -2.17. The first kappa shape index (κ1) is 11.0. The number of ether oxygens (including phenoxy) is 1. The molecule has 1 N–H and O–H groups in total. The number of hydrogen-bond acceptors (Lipinski definition) is 4. The van der Waals surface area contributed by atoms with Crippen molar-refractivity contribution in [2.75, 3.05) is 19.7 Å². The second-order valence-electron chi connectivity index (χ2n) is 3.69. The number of β-amino-alcohol motifs (C(OH)–C–C–N with tert-alkyl or cyclic N) is 1. The largest absolute Gasteiger partial charge is 0.459 e. The number of aliphatic hydroxyl groups is 1. The monoisotopic (exact) mass is 201 g/mol. The maximum absolute atomic E-state index is 11.4. The summed E-state index contributed by atoms with van der Waals surface area (Å²) in [5.74, 6) is -1.50. The van der Waals surface area contributed by atoms with Crippen molar-refractivity contribution in [2.24, 2.45) is 0 Å². The summed E-state index contributed by atoms with van der Waals surface area (Å²) in [5.41, 5.74) is -0.873. The van der Waals surface area contributed by atoms with E-state index in [1.165, 1.54) is 4.90 Å². The van der Waals surface area contributed by atoms with Gasteiger partial charge in [-0.15, -0.1) is 0 Å². The molecule has 1 heterocycles. The molecule has 0 bridgehead atoms. The average molecular weight is 201 g/mol. The van der Waals surface area contributed by atoms with Gasteiger partial charge in [-0.1, -0.05) is 0 Å². The molecule has 0 aromatic carbocycles. The van der Waals surface area contributed by atoms with Crippen LogP contribution in [0.4, 0.5) is 0 Å². The summed E-state index contributed by atoms with van der Waals surface area (Å²) < 4.78 is 4.57. The van der Waals surface area contributed by atoms with E-state index in [0.717, 1.165) is 0 Å². The molecule has 1 rings (SSSR count). The predicted octanol–water partition coefficient (Wildman–Crippen LogP) is -0.467. The Hall–Kier alpha value is -1.10. The quantitative estimate of drug-likeness (QED) is 0.460. The highest BCUT2D eigenvalue weighted by Crippen LogP contribution is 2.20. The number of hydrogen-bond donors (Lipinski definition) is 1. The summed E-state index contributed by atoms with van der Waals surface area (Å²) in [6.07, 6.45) is 0.498. The van der Waals surface area contributed by atoms with Gasteiger partial charge in [0.05, 0.1) is 12.2 Å². The SMILES string of the molecule is CCOC(=O)C(=O)N1CCC(C)(O)C1. The van der Waals surface area contributed by atoms with Crippen LogP contribution in [0.5, 0.6) is 0 Å². The molecule has 5 heteroatoms. The highest BCUT2D eigenvalue weighted by atomic mass is 16.5. The van der Waals surface area contributed by atoms with Crippen molar-refractivity contribution in [2.45, 2.75) is 25.9 Å². The van der Waals surface area contributed by atoms with Crippen molar-refractivity contribution in [3.8, 4) is 0 Å². The molecule has 1 atom stereocenters. The lowest BCUT2D eigenvalue weighted by Crippen LogP contribution is -2.38. The van der Waals surface area contributed by atoms with Crippen LogP contribution in [0, 0.1) is 0 Å². The summed E-state index contributed by atoms with van der Waals surface area (Å²) in [6.45, 7) is 4.08. The van der Waals surface area contributed by atoms with Gasteiger partial charge in [-0.2, -0.15) is 0 Å². The lowest BCUT2D eigenvalue weighted by atomic mass is 10.1. The Labute approximate surface area is 82.6 Å². The Morgan fingerprint density at radius 2 is 2.21 bits per heavy atom. The van der Waals surface area contributed by atoms with Crippen LogP contribution < -0.4 is 0 Å². The predicted molar refractivity (Wildman–Crippen MR) is 48.5 cm³/mol. The van der Waals surface area contributed by atoms with E-state index in [4.69, 9.17) is 0 Å². The highest BCUT2D eigenvalue weighted by molar-refractivity contribution is 6.32. The Kier molecular flexibility index (Phi) is 3.10. The van der Waals surface area contributed by atoms with Crippen molar-refractivity contribution >= 4 is 11.9 Å². The summed E-state index contributed by atoms with van der Waals surface area (Å²) in [6, 6.07) is 0. The van der Waals surface area contributed by atoms with Crippen molar-refractivity contribution < 1.29 is 19.4 Å². The highest BCUT2D eigenvalue weighted by Gasteiger charge is 2.36. The van der Waals surface area contributed by atoms with E-state index >= 15 is 0 Å². The molecule has 1 saturated heterocycles. The first-order chi connectivity index (χ1) is 6.46. The van der Waals surface area contributed by atoms with E-state index in [2.05, 4.69) is 4.74 Å². The van der Waals surface area contributed by atoms with Crippen molar-refractivity contribution in [1.82, 2.24) is 4.90 Å². The molecule has 5 nitrogen and oxygen atoms in total. The fraction of sp³-hybridized carbons (Fsp3) is 0.778. The second kappa shape index (κ2) is 3.96. The molecule has 80 valence electrons. The van der Waals surface area contributed by atoms with E-state index in [0.29, 0.717) is 13.0 Å². The van der Waals surface area contributed by atoms with Gasteiger partial charge in [0, 0.05) is 13.1 Å². The van der Waals surface area contributed by atoms with Crippen LogP contribution in [-0.4, -0.2) is 47.2 Å². The van der Waals surface area contributed by atoms with Gasteiger partial charge in [0.1, 0.15) is 0 Å². The van der Waals surface area contributed by atoms with E-state index < -0.39 is 17.5 Å². The topological polar surface area (TPSA) is 66.8 Å². The Balaban J connectivity index is 2.51.